The molecule has 0 bridgehead atoms. The van der Waals surface area contributed by atoms with Gasteiger partial charge < -0.3 is 20.6 Å². The molecule has 38 heavy (non-hydrogen) atoms. The minimum atomic E-state index is -0.980. The number of carbonyl (C=O) groups is 1. The van der Waals surface area contributed by atoms with Crippen LogP contribution in [0.2, 0.25) is 0 Å². The topological polar surface area (TPSA) is 111 Å². The Kier molecular flexibility index (Phi) is 5.82. The number of pyridine rings is 2. The quantitative estimate of drug-likeness (QED) is 0.276. The zero-order chi connectivity index (χ0) is 26.3. The van der Waals surface area contributed by atoms with Crippen molar-refractivity contribution in [2.75, 3.05) is 31.4 Å². The highest BCUT2D eigenvalue weighted by atomic mass is 19.1. The number of imidazole rings is 1. The summed E-state index contributed by atoms with van der Waals surface area (Å²) in [5, 5.41) is 2.92. The van der Waals surface area contributed by atoms with Gasteiger partial charge in [0.2, 0.25) is 5.91 Å². The molecule has 0 radical (unpaired) electrons. The molecule has 4 heterocycles. The number of hydrazine groups is 1. The number of likely N-dealkylation sites (N-methyl/N-ethyl adjacent to an activating group) is 1. The predicted molar refractivity (Wildman–Crippen MR) is 144 cm³/mol. The van der Waals surface area contributed by atoms with Gasteiger partial charge in [-0.1, -0.05) is 30.3 Å². The van der Waals surface area contributed by atoms with Crippen LogP contribution in [-0.4, -0.2) is 51.4 Å². The molecule has 1 aliphatic rings. The van der Waals surface area contributed by atoms with Crippen LogP contribution in [0.5, 0.6) is 0 Å². The smallest absolute Gasteiger partial charge is 0.238 e. The van der Waals surface area contributed by atoms with Crippen molar-refractivity contribution in [2.24, 2.45) is 0 Å². The number of rotatable bonds is 6. The highest BCUT2D eigenvalue weighted by Crippen LogP contribution is 2.43. The van der Waals surface area contributed by atoms with Crippen molar-refractivity contribution in [1.82, 2.24) is 30.3 Å². The maximum atomic E-state index is 14.0. The third-order valence-corrected chi connectivity index (χ3v) is 6.51. The number of anilines is 2. The maximum absolute atomic E-state index is 14.0. The highest BCUT2D eigenvalue weighted by Gasteiger charge is 2.45. The fourth-order valence-electron chi connectivity index (χ4n) is 4.88. The second kappa shape index (κ2) is 9.33. The summed E-state index contributed by atoms with van der Waals surface area (Å²) in [6.07, 6.45) is 5.03. The third kappa shape index (κ3) is 4.05. The van der Waals surface area contributed by atoms with Crippen molar-refractivity contribution in [3.05, 3.63) is 102 Å². The van der Waals surface area contributed by atoms with E-state index in [9.17, 15) is 9.18 Å². The van der Waals surface area contributed by atoms with Gasteiger partial charge in [-0.25, -0.2) is 19.8 Å². The molecule has 9 nitrogen and oxygen atoms in total. The standard InChI is InChI=1S/C28H25FN8O/c1-37(2)16-24(38)32-20-13-18(14-30-15-20)28(22-8-3-4-9-23(22)35-36-28)27-33-25-21(10-11-31-26(25)34-27)17-6-5-7-19(29)12-17/h3-15,35-36H,16H2,1-2H3,(H,32,38)(H,31,33,34). The number of carbonyl (C=O) groups excluding carboxylic acids is 1. The van der Waals surface area contributed by atoms with E-state index in [0.29, 0.717) is 28.2 Å². The molecule has 2 aromatic carbocycles. The number of nitrogens with one attached hydrogen (secondary N) is 4. The number of aromatic nitrogens is 4. The van der Waals surface area contributed by atoms with Gasteiger partial charge in [0.1, 0.15) is 22.7 Å². The molecule has 5 aromatic rings. The summed E-state index contributed by atoms with van der Waals surface area (Å²) in [5.74, 6) is 0.0999. The monoisotopic (exact) mass is 508 g/mol. The lowest BCUT2D eigenvalue weighted by atomic mass is 9.83. The molecule has 3 aromatic heterocycles. The van der Waals surface area contributed by atoms with Crippen LogP contribution in [0.3, 0.4) is 0 Å². The summed E-state index contributed by atoms with van der Waals surface area (Å²) >= 11 is 0. The molecule has 1 aliphatic heterocycles. The van der Waals surface area contributed by atoms with Crippen LogP contribution in [0.15, 0.2) is 79.3 Å². The van der Waals surface area contributed by atoms with E-state index >= 15 is 0 Å². The van der Waals surface area contributed by atoms with Gasteiger partial charge in [-0.15, -0.1) is 0 Å². The zero-order valence-electron chi connectivity index (χ0n) is 20.8. The first-order valence-electron chi connectivity index (χ1n) is 12.1. The second-order valence-electron chi connectivity index (χ2n) is 9.45. The molecule has 0 saturated carbocycles. The number of hydrogen-bond acceptors (Lipinski definition) is 7. The SMILES string of the molecule is CN(C)CC(=O)Nc1cncc(C2(c3nc4c(-c5cccc(F)c5)ccnc4[nH]3)NNc3ccccc32)c1. The van der Waals surface area contributed by atoms with Crippen molar-refractivity contribution >= 4 is 28.4 Å². The molecule has 0 aliphatic carbocycles. The van der Waals surface area contributed by atoms with E-state index in [1.54, 1.807) is 29.6 Å². The average molecular weight is 509 g/mol. The second-order valence-corrected chi connectivity index (χ2v) is 9.45. The van der Waals surface area contributed by atoms with E-state index in [1.165, 1.54) is 12.1 Å². The largest absolute Gasteiger partial charge is 0.324 e. The molecule has 0 saturated heterocycles. The summed E-state index contributed by atoms with van der Waals surface area (Å²) < 4.78 is 14.0. The van der Waals surface area contributed by atoms with Crippen LogP contribution < -0.4 is 16.2 Å². The number of hydrogen-bond donors (Lipinski definition) is 4. The Morgan fingerprint density at radius 3 is 2.79 bits per heavy atom. The van der Waals surface area contributed by atoms with E-state index in [4.69, 9.17) is 4.98 Å². The molecular formula is C28H25FN8O. The molecule has 0 spiro atoms. The van der Waals surface area contributed by atoms with Gasteiger partial charge in [0.25, 0.3) is 0 Å². The molecule has 10 heteroatoms. The van der Waals surface area contributed by atoms with Gasteiger partial charge >= 0.3 is 0 Å². The number of H-pyrrole nitrogens is 1. The van der Waals surface area contributed by atoms with Crippen LogP contribution >= 0.6 is 0 Å². The molecule has 1 unspecified atom stereocenters. The van der Waals surface area contributed by atoms with E-state index in [-0.39, 0.29) is 18.3 Å². The van der Waals surface area contributed by atoms with E-state index in [0.717, 1.165) is 22.4 Å². The Balaban J connectivity index is 1.52. The van der Waals surface area contributed by atoms with Gasteiger partial charge in [0.05, 0.1) is 24.1 Å². The highest BCUT2D eigenvalue weighted by molar-refractivity contribution is 5.92. The van der Waals surface area contributed by atoms with E-state index in [2.05, 4.69) is 31.1 Å². The van der Waals surface area contributed by atoms with E-state index < -0.39 is 5.54 Å². The Morgan fingerprint density at radius 2 is 1.95 bits per heavy atom. The number of benzene rings is 2. The van der Waals surface area contributed by atoms with Gasteiger partial charge in [-0.2, -0.15) is 0 Å². The number of para-hydroxylation sites is 1. The van der Waals surface area contributed by atoms with Gasteiger partial charge in [-0.05, 0) is 50.0 Å². The summed E-state index contributed by atoms with van der Waals surface area (Å²) in [5.41, 5.74) is 11.5. The molecule has 0 fully saturated rings. The van der Waals surface area contributed by atoms with Crippen LogP contribution in [0.1, 0.15) is 17.0 Å². The number of nitrogens with zero attached hydrogens (tertiary/aromatic N) is 4. The maximum Gasteiger partial charge on any atom is 0.238 e. The van der Waals surface area contributed by atoms with Crippen molar-refractivity contribution < 1.29 is 9.18 Å². The Morgan fingerprint density at radius 1 is 1.08 bits per heavy atom. The normalized spacial score (nSPS) is 16.4. The zero-order valence-corrected chi connectivity index (χ0v) is 20.8. The Hall–Kier alpha value is -4.67. The van der Waals surface area contributed by atoms with E-state index in [1.807, 2.05) is 56.6 Å². The Labute approximate surface area is 218 Å². The summed E-state index contributed by atoms with van der Waals surface area (Å²) in [6, 6.07) is 18.0. The third-order valence-electron chi connectivity index (χ3n) is 6.51. The summed E-state index contributed by atoms with van der Waals surface area (Å²) in [7, 11) is 3.67. The lowest BCUT2D eigenvalue weighted by Crippen LogP contribution is -2.43. The first-order chi connectivity index (χ1) is 18.4. The minimum absolute atomic E-state index is 0.145. The number of aromatic amines is 1. The lowest BCUT2D eigenvalue weighted by molar-refractivity contribution is -0.116. The van der Waals surface area contributed by atoms with Crippen molar-refractivity contribution in [3.63, 3.8) is 0 Å². The van der Waals surface area contributed by atoms with Gasteiger partial charge in [-0.3, -0.25) is 9.78 Å². The van der Waals surface area contributed by atoms with Crippen molar-refractivity contribution in [2.45, 2.75) is 5.54 Å². The first kappa shape index (κ1) is 23.7. The van der Waals surface area contributed by atoms with Crippen molar-refractivity contribution in [1.29, 1.82) is 0 Å². The molecular weight excluding hydrogens is 483 g/mol. The fourth-order valence-corrected chi connectivity index (χ4v) is 4.88. The van der Waals surface area contributed by atoms with Crippen LogP contribution in [0.25, 0.3) is 22.3 Å². The fraction of sp³-hybridized carbons (Fsp3) is 0.143. The molecule has 1 atom stereocenters. The summed E-state index contributed by atoms with van der Waals surface area (Å²) in [6.45, 7) is 0.246. The number of amides is 1. The van der Waals surface area contributed by atoms with Crippen LogP contribution in [0, 0.1) is 5.82 Å². The minimum Gasteiger partial charge on any atom is -0.324 e. The van der Waals surface area contributed by atoms with Crippen LogP contribution in [0.4, 0.5) is 15.8 Å². The number of fused-ring (bicyclic) bond motifs is 2. The lowest BCUT2D eigenvalue weighted by Gasteiger charge is -2.28. The van der Waals surface area contributed by atoms with Gasteiger partial charge in [0, 0.05) is 29.1 Å². The number of halogens is 1. The average Bonchev–Trinajstić information content (AvgIpc) is 3.51. The molecule has 6 rings (SSSR count). The van der Waals surface area contributed by atoms with Crippen LogP contribution in [-0.2, 0) is 10.3 Å². The molecule has 190 valence electrons. The van der Waals surface area contributed by atoms with Gasteiger partial charge in [0.15, 0.2) is 5.65 Å². The predicted octanol–water partition coefficient (Wildman–Crippen LogP) is 3.88. The molecule has 1 amide bonds. The van der Waals surface area contributed by atoms with Crippen molar-refractivity contribution in [3.8, 4) is 11.1 Å². The Bertz CT molecular complexity index is 1670. The summed E-state index contributed by atoms with van der Waals surface area (Å²) in [4.78, 5) is 31.6. The first-order valence-corrected chi connectivity index (χ1v) is 12.1. The molecule has 4 N–H and O–H groups in total.